The van der Waals surface area contributed by atoms with Crippen LogP contribution in [0.1, 0.15) is 39.4 Å². The van der Waals surface area contributed by atoms with E-state index < -0.39 is 0 Å². The fraction of sp³-hybridized carbons (Fsp3) is 0.333. The summed E-state index contributed by atoms with van der Waals surface area (Å²) in [6.45, 7) is 8.34. The molecule has 1 atom stereocenters. The van der Waals surface area contributed by atoms with Gasteiger partial charge in [0.25, 0.3) is 0 Å². The maximum Gasteiger partial charge on any atom is 0.127 e. The number of nitrogens with two attached hydrogens (primary N) is 1. The second kappa shape index (κ2) is 6.20. The lowest BCUT2D eigenvalue weighted by atomic mass is 9.91. The van der Waals surface area contributed by atoms with Gasteiger partial charge in [-0.05, 0) is 61.6 Å². The van der Waals surface area contributed by atoms with Gasteiger partial charge < -0.3 is 10.5 Å². The van der Waals surface area contributed by atoms with Crippen molar-refractivity contribution in [3.05, 3.63) is 62.1 Å². The van der Waals surface area contributed by atoms with Crippen LogP contribution in [0.2, 0.25) is 0 Å². The average Bonchev–Trinajstić information content (AvgIpc) is 2.44. The predicted octanol–water partition coefficient (Wildman–Crippen LogP) is 4.74. The SMILES string of the molecule is COc1c(C)cc(Br)c(C)c1C(N)c1ccc(C)c(C)c1. The highest BCUT2D eigenvalue weighted by Gasteiger charge is 2.20. The van der Waals surface area contributed by atoms with Crippen LogP contribution in [-0.2, 0) is 0 Å². The molecule has 0 aliphatic rings. The fourth-order valence-electron chi connectivity index (χ4n) is 2.65. The number of benzene rings is 2. The van der Waals surface area contributed by atoms with Crippen molar-refractivity contribution in [2.45, 2.75) is 33.7 Å². The van der Waals surface area contributed by atoms with E-state index in [0.29, 0.717) is 0 Å². The first-order chi connectivity index (χ1) is 9.86. The van der Waals surface area contributed by atoms with Crippen LogP contribution < -0.4 is 10.5 Å². The highest BCUT2D eigenvalue weighted by Crippen LogP contribution is 2.38. The van der Waals surface area contributed by atoms with E-state index in [1.807, 2.05) is 6.92 Å². The molecule has 2 N–H and O–H groups in total. The molecule has 1 unspecified atom stereocenters. The molecule has 0 spiro atoms. The summed E-state index contributed by atoms with van der Waals surface area (Å²) < 4.78 is 6.67. The molecule has 0 fully saturated rings. The summed E-state index contributed by atoms with van der Waals surface area (Å²) in [5, 5.41) is 0. The minimum Gasteiger partial charge on any atom is -0.496 e. The van der Waals surface area contributed by atoms with E-state index in [-0.39, 0.29) is 6.04 Å². The number of methoxy groups -OCH3 is 1. The highest BCUT2D eigenvalue weighted by atomic mass is 79.9. The van der Waals surface area contributed by atoms with Gasteiger partial charge in [0.2, 0.25) is 0 Å². The van der Waals surface area contributed by atoms with Gasteiger partial charge in [-0.3, -0.25) is 0 Å². The molecule has 2 aromatic carbocycles. The molecule has 3 heteroatoms. The van der Waals surface area contributed by atoms with E-state index in [1.165, 1.54) is 11.1 Å². The summed E-state index contributed by atoms with van der Waals surface area (Å²) >= 11 is 3.62. The molecule has 0 radical (unpaired) electrons. The Morgan fingerprint density at radius 1 is 1.00 bits per heavy atom. The Morgan fingerprint density at radius 2 is 1.67 bits per heavy atom. The molecule has 0 aliphatic carbocycles. The van der Waals surface area contributed by atoms with E-state index in [9.17, 15) is 0 Å². The van der Waals surface area contributed by atoms with Crippen LogP contribution in [0.15, 0.2) is 28.7 Å². The molecule has 0 bridgehead atoms. The minimum atomic E-state index is -0.199. The van der Waals surface area contributed by atoms with E-state index in [2.05, 4.69) is 61.0 Å². The van der Waals surface area contributed by atoms with Crippen LogP contribution >= 0.6 is 15.9 Å². The molecule has 0 amide bonds. The van der Waals surface area contributed by atoms with Gasteiger partial charge in [0.1, 0.15) is 5.75 Å². The van der Waals surface area contributed by atoms with Gasteiger partial charge in [0.15, 0.2) is 0 Å². The first kappa shape index (κ1) is 16.1. The lowest BCUT2D eigenvalue weighted by molar-refractivity contribution is 0.404. The quantitative estimate of drug-likeness (QED) is 0.870. The summed E-state index contributed by atoms with van der Waals surface area (Å²) in [6, 6.07) is 8.26. The molecule has 0 aromatic heterocycles. The van der Waals surface area contributed by atoms with Gasteiger partial charge in [-0.2, -0.15) is 0 Å². The topological polar surface area (TPSA) is 35.2 Å². The van der Waals surface area contributed by atoms with E-state index in [4.69, 9.17) is 10.5 Å². The van der Waals surface area contributed by atoms with E-state index >= 15 is 0 Å². The zero-order valence-corrected chi connectivity index (χ0v) is 14.8. The predicted molar refractivity (Wildman–Crippen MR) is 92.1 cm³/mol. The first-order valence-corrected chi connectivity index (χ1v) is 7.82. The zero-order chi connectivity index (χ0) is 15.7. The normalized spacial score (nSPS) is 12.3. The average molecular weight is 348 g/mol. The highest BCUT2D eigenvalue weighted by molar-refractivity contribution is 9.10. The Labute approximate surface area is 135 Å². The molecule has 0 saturated carbocycles. The van der Waals surface area contributed by atoms with Crippen LogP contribution in [0, 0.1) is 27.7 Å². The van der Waals surface area contributed by atoms with Crippen molar-refractivity contribution in [3.63, 3.8) is 0 Å². The Kier molecular flexibility index (Phi) is 4.74. The third-order valence-corrected chi connectivity index (χ3v) is 4.94. The largest absolute Gasteiger partial charge is 0.496 e. The Morgan fingerprint density at radius 3 is 2.24 bits per heavy atom. The van der Waals surface area contributed by atoms with Crippen LogP contribution in [0.3, 0.4) is 0 Å². The maximum atomic E-state index is 6.55. The van der Waals surface area contributed by atoms with Gasteiger partial charge >= 0.3 is 0 Å². The molecule has 0 saturated heterocycles. The molecule has 2 rings (SSSR count). The van der Waals surface area contributed by atoms with Crippen molar-refractivity contribution in [1.82, 2.24) is 0 Å². The van der Waals surface area contributed by atoms with Crippen molar-refractivity contribution in [2.24, 2.45) is 5.73 Å². The van der Waals surface area contributed by atoms with Gasteiger partial charge in [-0.25, -0.2) is 0 Å². The molecule has 2 nitrogen and oxygen atoms in total. The summed E-state index contributed by atoms with van der Waals surface area (Å²) in [5.41, 5.74) is 13.5. The first-order valence-electron chi connectivity index (χ1n) is 7.03. The number of aryl methyl sites for hydroxylation is 3. The number of ether oxygens (including phenoxy) is 1. The standard InChI is InChI=1S/C18H22BrNO/c1-10-6-7-14(8-11(10)2)17(20)16-13(4)15(19)9-12(3)18(16)21-5/h6-9,17H,20H2,1-5H3. The second-order valence-corrected chi connectivity index (χ2v) is 6.42. The van der Waals surface area contributed by atoms with Gasteiger partial charge in [0.05, 0.1) is 13.2 Å². The summed E-state index contributed by atoms with van der Waals surface area (Å²) in [5.74, 6) is 0.876. The summed E-state index contributed by atoms with van der Waals surface area (Å²) in [4.78, 5) is 0. The van der Waals surface area contributed by atoms with Crippen LogP contribution in [0.25, 0.3) is 0 Å². The zero-order valence-electron chi connectivity index (χ0n) is 13.3. The smallest absolute Gasteiger partial charge is 0.127 e. The molecule has 0 heterocycles. The van der Waals surface area contributed by atoms with Crippen molar-refractivity contribution in [2.75, 3.05) is 7.11 Å². The third-order valence-electron chi connectivity index (χ3n) is 4.11. The maximum absolute atomic E-state index is 6.55. The molecular weight excluding hydrogens is 326 g/mol. The molecule has 21 heavy (non-hydrogen) atoms. The van der Waals surface area contributed by atoms with Gasteiger partial charge in [0, 0.05) is 10.0 Å². The van der Waals surface area contributed by atoms with Gasteiger partial charge in [-0.1, -0.05) is 34.1 Å². The Balaban J connectivity index is 2.62. The van der Waals surface area contributed by atoms with Crippen LogP contribution in [0.4, 0.5) is 0 Å². The van der Waals surface area contributed by atoms with Crippen LogP contribution in [-0.4, -0.2) is 7.11 Å². The third kappa shape index (κ3) is 2.99. The lowest BCUT2D eigenvalue weighted by Gasteiger charge is -2.22. The van der Waals surface area contributed by atoms with Crippen LogP contribution in [0.5, 0.6) is 5.75 Å². The monoisotopic (exact) mass is 347 g/mol. The minimum absolute atomic E-state index is 0.199. The molecule has 0 aliphatic heterocycles. The number of rotatable bonds is 3. The van der Waals surface area contributed by atoms with Crippen molar-refractivity contribution < 1.29 is 4.74 Å². The Hall–Kier alpha value is -1.32. The summed E-state index contributed by atoms with van der Waals surface area (Å²) in [6.07, 6.45) is 0. The van der Waals surface area contributed by atoms with Crippen molar-refractivity contribution in [1.29, 1.82) is 0 Å². The molecule has 112 valence electrons. The second-order valence-electron chi connectivity index (χ2n) is 5.57. The number of hydrogen-bond donors (Lipinski definition) is 1. The number of halogens is 1. The summed E-state index contributed by atoms with van der Waals surface area (Å²) in [7, 11) is 1.70. The van der Waals surface area contributed by atoms with E-state index in [0.717, 1.165) is 32.5 Å². The molecular formula is C18H22BrNO. The van der Waals surface area contributed by atoms with Crippen molar-refractivity contribution in [3.8, 4) is 5.75 Å². The molecule has 2 aromatic rings. The Bertz CT molecular complexity index is 679. The van der Waals surface area contributed by atoms with E-state index in [1.54, 1.807) is 7.11 Å². The van der Waals surface area contributed by atoms with Gasteiger partial charge in [-0.15, -0.1) is 0 Å². The van der Waals surface area contributed by atoms with Crippen molar-refractivity contribution >= 4 is 15.9 Å². The fourth-order valence-corrected chi connectivity index (χ4v) is 3.20. The number of hydrogen-bond acceptors (Lipinski definition) is 2. The lowest BCUT2D eigenvalue weighted by Crippen LogP contribution is -2.16.